The molecule has 0 aliphatic heterocycles. The second-order valence-electron chi connectivity index (χ2n) is 9.92. The van der Waals surface area contributed by atoms with Crippen LogP contribution in [0.1, 0.15) is 124 Å². The Morgan fingerprint density at radius 2 is 1.22 bits per heavy atom. The van der Waals surface area contributed by atoms with Crippen molar-refractivity contribution in [3.8, 4) is 0 Å². The monoisotopic (exact) mass is 398 g/mol. The molecule has 0 aliphatic carbocycles. The van der Waals surface area contributed by atoms with Crippen LogP contribution in [0.15, 0.2) is 0 Å². The molecule has 0 aromatic carbocycles. The van der Waals surface area contributed by atoms with E-state index in [9.17, 15) is 4.79 Å². The molecule has 1 atom stereocenters. The predicted molar refractivity (Wildman–Crippen MR) is 123 cm³/mol. The first-order valence-corrected chi connectivity index (χ1v) is 14.8. The summed E-state index contributed by atoms with van der Waals surface area (Å²) in [5.74, 6) is 0. The standard InChI is InChI=1S/C24H50O2Si/c1-7-8-9-10-11-12-13-14-15-16-17-18-20-23(21-19-22-25)26-27(5,6)24(2,3)4/h22-23H,7-21H2,1-6H3/t23-/m0/s1. The average Bonchev–Trinajstić information content (AvgIpc) is 2.59. The van der Waals surface area contributed by atoms with E-state index < -0.39 is 8.32 Å². The zero-order chi connectivity index (χ0) is 20.6. The van der Waals surface area contributed by atoms with Gasteiger partial charge in [-0.2, -0.15) is 0 Å². The maximum atomic E-state index is 10.8. The quantitative estimate of drug-likeness (QED) is 0.131. The number of carbonyl (C=O) groups excluding carboxylic acids is 1. The summed E-state index contributed by atoms with van der Waals surface area (Å²) >= 11 is 0. The van der Waals surface area contributed by atoms with Gasteiger partial charge < -0.3 is 9.22 Å². The van der Waals surface area contributed by atoms with Crippen molar-refractivity contribution in [3.05, 3.63) is 0 Å². The van der Waals surface area contributed by atoms with E-state index in [0.717, 1.165) is 19.1 Å². The Hall–Kier alpha value is -0.153. The molecule has 0 bridgehead atoms. The van der Waals surface area contributed by atoms with Crippen LogP contribution in [0, 0.1) is 0 Å². The van der Waals surface area contributed by atoms with Crippen LogP contribution >= 0.6 is 0 Å². The van der Waals surface area contributed by atoms with Gasteiger partial charge in [0.2, 0.25) is 0 Å². The lowest BCUT2D eigenvalue weighted by molar-refractivity contribution is -0.108. The lowest BCUT2D eigenvalue weighted by Crippen LogP contribution is -2.44. The van der Waals surface area contributed by atoms with Crippen molar-refractivity contribution in [3.63, 3.8) is 0 Å². The number of rotatable bonds is 18. The highest BCUT2D eigenvalue weighted by molar-refractivity contribution is 6.74. The zero-order valence-corrected chi connectivity index (χ0v) is 20.6. The molecule has 0 radical (unpaired) electrons. The average molecular weight is 399 g/mol. The molecular weight excluding hydrogens is 348 g/mol. The van der Waals surface area contributed by atoms with E-state index in [-0.39, 0.29) is 11.1 Å². The Morgan fingerprint density at radius 1 is 0.778 bits per heavy atom. The van der Waals surface area contributed by atoms with Crippen molar-refractivity contribution in [1.82, 2.24) is 0 Å². The van der Waals surface area contributed by atoms with Crippen LogP contribution in [0.4, 0.5) is 0 Å². The minimum absolute atomic E-state index is 0.239. The van der Waals surface area contributed by atoms with Gasteiger partial charge in [0.15, 0.2) is 8.32 Å². The van der Waals surface area contributed by atoms with Gasteiger partial charge in [-0.05, 0) is 31.0 Å². The third kappa shape index (κ3) is 14.5. The molecule has 0 amide bonds. The van der Waals surface area contributed by atoms with Crippen LogP contribution in [0.25, 0.3) is 0 Å². The van der Waals surface area contributed by atoms with Crippen LogP contribution < -0.4 is 0 Å². The van der Waals surface area contributed by atoms with Crippen LogP contribution in [-0.2, 0) is 9.22 Å². The van der Waals surface area contributed by atoms with Gasteiger partial charge in [0.25, 0.3) is 0 Å². The lowest BCUT2D eigenvalue weighted by atomic mass is 10.0. The number of aldehydes is 1. The van der Waals surface area contributed by atoms with Crippen molar-refractivity contribution in [2.75, 3.05) is 0 Å². The zero-order valence-electron chi connectivity index (χ0n) is 19.6. The van der Waals surface area contributed by atoms with Gasteiger partial charge in [0, 0.05) is 12.5 Å². The summed E-state index contributed by atoms with van der Waals surface area (Å²) in [5.41, 5.74) is 0. The lowest BCUT2D eigenvalue weighted by Gasteiger charge is -2.39. The second kappa shape index (κ2) is 15.7. The largest absolute Gasteiger partial charge is 0.414 e. The van der Waals surface area contributed by atoms with E-state index in [0.29, 0.717) is 6.42 Å². The first kappa shape index (κ1) is 26.8. The highest BCUT2D eigenvalue weighted by atomic mass is 28.4. The summed E-state index contributed by atoms with van der Waals surface area (Å²) < 4.78 is 6.58. The third-order valence-electron chi connectivity index (χ3n) is 6.25. The molecule has 0 aromatic rings. The molecule has 0 saturated carbocycles. The minimum Gasteiger partial charge on any atom is -0.414 e. The maximum absolute atomic E-state index is 10.8. The van der Waals surface area contributed by atoms with E-state index in [1.165, 1.54) is 77.0 Å². The van der Waals surface area contributed by atoms with E-state index >= 15 is 0 Å². The summed E-state index contributed by atoms with van der Waals surface area (Å²) in [5, 5.41) is 0.239. The fraction of sp³-hybridized carbons (Fsp3) is 0.958. The molecule has 3 heteroatoms. The van der Waals surface area contributed by atoms with Gasteiger partial charge in [0.1, 0.15) is 6.29 Å². The summed E-state index contributed by atoms with van der Waals surface area (Å²) in [4.78, 5) is 10.8. The van der Waals surface area contributed by atoms with Gasteiger partial charge in [0.05, 0.1) is 0 Å². The molecule has 0 heterocycles. The molecule has 0 saturated heterocycles. The normalized spacial score (nSPS) is 13.7. The second-order valence-corrected chi connectivity index (χ2v) is 14.7. The van der Waals surface area contributed by atoms with Crippen LogP contribution in [0.2, 0.25) is 18.1 Å². The molecule has 0 aliphatic rings. The Balaban J connectivity index is 3.84. The fourth-order valence-corrected chi connectivity index (χ4v) is 4.75. The highest BCUT2D eigenvalue weighted by Crippen LogP contribution is 2.38. The first-order chi connectivity index (χ1) is 12.7. The summed E-state index contributed by atoms with van der Waals surface area (Å²) in [7, 11) is -1.74. The molecule has 0 unspecified atom stereocenters. The van der Waals surface area contributed by atoms with Gasteiger partial charge >= 0.3 is 0 Å². The smallest absolute Gasteiger partial charge is 0.192 e. The first-order valence-electron chi connectivity index (χ1n) is 11.9. The topological polar surface area (TPSA) is 26.3 Å². The van der Waals surface area contributed by atoms with E-state index in [4.69, 9.17) is 4.43 Å². The Labute approximate surface area is 172 Å². The molecule has 0 rings (SSSR count). The highest BCUT2D eigenvalue weighted by Gasteiger charge is 2.38. The van der Waals surface area contributed by atoms with Crippen molar-refractivity contribution < 1.29 is 9.22 Å². The Kier molecular flexibility index (Phi) is 15.6. The SMILES string of the molecule is CCCCCCCCCCCCCC[C@@H](CCC=O)O[Si](C)(C)C(C)(C)C. The molecular formula is C24H50O2Si. The van der Waals surface area contributed by atoms with Gasteiger partial charge in [-0.15, -0.1) is 0 Å². The molecule has 0 aromatic heterocycles. The summed E-state index contributed by atoms with van der Waals surface area (Å²) in [6, 6.07) is 0. The minimum atomic E-state index is -1.74. The molecule has 162 valence electrons. The Bertz CT molecular complexity index is 347. The van der Waals surface area contributed by atoms with Crippen LogP contribution in [0.3, 0.4) is 0 Å². The Morgan fingerprint density at radius 3 is 1.63 bits per heavy atom. The summed E-state index contributed by atoms with van der Waals surface area (Å²) in [6.45, 7) is 13.8. The van der Waals surface area contributed by atoms with Gasteiger partial charge in [-0.25, -0.2) is 0 Å². The third-order valence-corrected chi connectivity index (χ3v) is 10.8. The van der Waals surface area contributed by atoms with Crippen molar-refractivity contribution in [2.45, 2.75) is 148 Å². The van der Waals surface area contributed by atoms with Gasteiger partial charge in [-0.1, -0.05) is 105 Å². The van der Waals surface area contributed by atoms with E-state index in [2.05, 4.69) is 40.8 Å². The fourth-order valence-electron chi connectivity index (χ4n) is 3.32. The number of unbranched alkanes of at least 4 members (excludes halogenated alkanes) is 11. The number of hydrogen-bond acceptors (Lipinski definition) is 2. The van der Waals surface area contributed by atoms with Crippen LogP contribution in [0.5, 0.6) is 0 Å². The molecule has 27 heavy (non-hydrogen) atoms. The van der Waals surface area contributed by atoms with E-state index in [1.807, 2.05) is 0 Å². The van der Waals surface area contributed by atoms with Crippen molar-refractivity contribution in [2.24, 2.45) is 0 Å². The molecule has 0 N–H and O–H groups in total. The number of hydrogen-bond donors (Lipinski definition) is 0. The predicted octanol–water partition coefficient (Wildman–Crippen LogP) is 8.45. The molecule has 2 nitrogen and oxygen atoms in total. The molecule has 0 spiro atoms. The van der Waals surface area contributed by atoms with Crippen molar-refractivity contribution >= 4 is 14.6 Å². The number of carbonyl (C=O) groups is 1. The van der Waals surface area contributed by atoms with Crippen molar-refractivity contribution in [1.29, 1.82) is 0 Å². The van der Waals surface area contributed by atoms with Gasteiger partial charge in [-0.3, -0.25) is 0 Å². The molecule has 0 fully saturated rings. The van der Waals surface area contributed by atoms with E-state index in [1.54, 1.807) is 0 Å². The maximum Gasteiger partial charge on any atom is 0.192 e. The summed E-state index contributed by atoms with van der Waals surface area (Å²) in [6.07, 6.45) is 20.6. The van der Waals surface area contributed by atoms with Crippen LogP contribution in [-0.4, -0.2) is 20.7 Å².